The van der Waals surface area contributed by atoms with E-state index < -0.39 is 0 Å². The van der Waals surface area contributed by atoms with Gasteiger partial charge in [-0.15, -0.1) is 0 Å². The molecule has 0 spiro atoms. The summed E-state index contributed by atoms with van der Waals surface area (Å²) < 4.78 is 3.30. The zero-order valence-corrected chi connectivity index (χ0v) is 13.8. The molecule has 102 valence electrons. The number of aryl methyl sites for hydroxylation is 2. The maximum absolute atomic E-state index is 4.52. The maximum Gasteiger partial charge on any atom is 0.0624 e. The van der Waals surface area contributed by atoms with Crippen molar-refractivity contribution in [3.8, 4) is 0 Å². The number of hydrogen-bond acceptors (Lipinski definition) is 2. The molecule has 0 amide bonds. The van der Waals surface area contributed by atoms with Crippen molar-refractivity contribution in [2.75, 3.05) is 7.05 Å². The molecule has 0 fully saturated rings. The molecule has 4 heteroatoms. The quantitative estimate of drug-likeness (QED) is 0.821. The number of hydrogen-bond donors (Lipinski definition) is 1. The van der Waals surface area contributed by atoms with Crippen molar-refractivity contribution >= 4 is 22.6 Å². The van der Waals surface area contributed by atoms with Gasteiger partial charge in [-0.1, -0.05) is 25.1 Å². The fourth-order valence-electron chi connectivity index (χ4n) is 2.27. The molecule has 0 saturated carbocycles. The summed E-state index contributed by atoms with van der Waals surface area (Å²) in [6.45, 7) is 2.14. The summed E-state index contributed by atoms with van der Waals surface area (Å²) in [6.07, 6.45) is 1.95. The first kappa shape index (κ1) is 14.5. The van der Waals surface area contributed by atoms with Crippen LogP contribution in [0.4, 0.5) is 0 Å². The molecule has 0 bridgehead atoms. The summed E-state index contributed by atoms with van der Waals surface area (Å²) in [5.41, 5.74) is 3.79. The minimum atomic E-state index is 0.327. The Morgan fingerprint density at radius 3 is 2.68 bits per heavy atom. The first-order chi connectivity index (χ1) is 9.15. The summed E-state index contributed by atoms with van der Waals surface area (Å²) in [7, 11) is 4.04. The van der Waals surface area contributed by atoms with Crippen molar-refractivity contribution in [1.82, 2.24) is 15.1 Å². The molecule has 1 aromatic heterocycles. The number of nitrogens with zero attached hydrogens (tertiary/aromatic N) is 2. The van der Waals surface area contributed by atoms with Gasteiger partial charge in [0, 0.05) is 28.8 Å². The van der Waals surface area contributed by atoms with E-state index in [1.54, 1.807) is 0 Å². The third kappa shape index (κ3) is 3.36. The highest BCUT2D eigenvalue weighted by molar-refractivity contribution is 14.1. The average molecular weight is 369 g/mol. The Bertz CT molecular complexity index is 548. The van der Waals surface area contributed by atoms with Gasteiger partial charge in [-0.2, -0.15) is 5.10 Å². The maximum atomic E-state index is 4.52. The predicted molar refractivity (Wildman–Crippen MR) is 87.2 cm³/mol. The molecule has 2 rings (SSSR count). The van der Waals surface area contributed by atoms with Crippen LogP contribution in [0, 0.1) is 3.57 Å². The van der Waals surface area contributed by atoms with E-state index in [0.29, 0.717) is 6.04 Å². The molecule has 0 saturated heterocycles. The summed E-state index contributed by atoms with van der Waals surface area (Å²) in [5.74, 6) is 0. The molecule has 0 radical (unpaired) electrons. The van der Waals surface area contributed by atoms with Crippen LogP contribution in [0.3, 0.4) is 0 Å². The standard InChI is InChI=1S/C15H20IN3/c1-4-11-9-12(19(3)18-11)10-15(17-2)13-7-5-6-8-14(13)16/h5-9,15,17H,4,10H2,1-3H3. The van der Waals surface area contributed by atoms with E-state index >= 15 is 0 Å². The summed E-state index contributed by atoms with van der Waals surface area (Å²) in [5, 5.41) is 7.94. The molecule has 19 heavy (non-hydrogen) atoms. The Morgan fingerprint density at radius 1 is 1.37 bits per heavy atom. The summed E-state index contributed by atoms with van der Waals surface area (Å²) in [6, 6.07) is 11.1. The minimum Gasteiger partial charge on any atom is -0.313 e. The molecule has 1 unspecified atom stereocenters. The highest BCUT2D eigenvalue weighted by atomic mass is 127. The van der Waals surface area contributed by atoms with Crippen LogP contribution < -0.4 is 5.32 Å². The molecular weight excluding hydrogens is 349 g/mol. The molecule has 0 aliphatic rings. The van der Waals surface area contributed by atoms with Crippen molar-refractivity contribution in [2.24, 2.45) is 7.05 Å². The molecular formula is C15H20IN3. The lowest BCUT2D eigenvalue weighted by atomic mass is 10.0. The van der Waals surface area contributed by atoms with Crippen molar-refractivity contribution in [2.45, 2.75) is 25.8 Å². The van der Waals surface area contributed by atoms with Crippen molar-refractivity contribution in [3.63, 3.8) is 0 Å². The second kappa shape index (κ2) is 6.52. The van der Waals surface area contributed by atoms with Crippen LogP contribution in [-0.4, -0.2) is 16.8 Å². The fourth-order valence-corrected chi connectivity index (χ4v) is 3.03. The highest BCUT2D eigenvalue weighted by Gasteiger charge is 2.15. The number of halogens is 1. The van der Waals surface area contributed by atoms with Gasteiger partial charge in [-0.3, -0.25) is 4.68 Å². The van der Waals surface area contributed by atoms with Gasteiger partial charge in [0.15, 0.2) is 0 Å². The highest BCUT2D eigenvalue weighted by Crippen LogP contribution is 2.23. The monoisotopic (exact) mass is 369 g/mol. The van der Waals surface area contributed by atoms with Gasteiger partial charge in [-0.05, 0) is 53.8 Å². The topological polar surface area (TPSA) is 29.9 Å². The second-order valence-electron chi connectivity index (χ2n) is 4.67. The van der Waals surface area contributed by atoms with Crippen LogP contribution >= 0.6 is 22.6 Å². The van der Waals surface area contributed by atoms with Gasteiger partial charge in [0.2, 0.25) is 0 Å². The van der Waals surface area contributed by atoms with E-state index in [2.05, 4.69) is 70.3 Å². The third-order valence-electron chi connectivity index (χ3n) is 3.43. The van der Waals surface area contributed by atoms with Crippen molar-refractivity contribution in [3.05, 3.63) is 50.9 Å². The molecule has 1 atom stereocenters. The molecule has 1 heterocycles. The predicted octanol–water partition coefficient (Wildman–Crippen LogP) is 3.09. The summed E-state index contributed by atoms with van der Waals surface area (Å²) >= 11 is 2.40. The van der Waals surface area contributed by atoms with Crippen LogP contribution in [0.2, 0.25) is 0 Å². The van der Waals surface area contributed by atoms with Gasteiger partial charge in [0.1, 0.15) is 0 Å². The zero-order chi connectivity index (χ0) is 13.8. The van der Waals surface area contributed by atoms with E-state index in [1.807, 2.05) is 18.8 Å². The Balaban J connectivity index is 2.24. The van der Waals surface area contributed by atoms with Crippen LogP contribution in [0.1, 0.15) is 29.9 Å². The van der Waals surface area contributed by atoms with Gasteiger partial charge in [0.25, 0.3) is 0 Å². The van der Waals surface area contributed by atoms with Gasteiger partial charge in [-0.25, -0.2) is 0 Å². The Hall–Kier alpha value is -0.880. The third-order valence-corrected chi connectivity index (χ3v) is 4.41. The van der Waals surface area contributed by atoms with E-state index in [-0.39, 0.29) is 0 Å². The Morgan fingerprint density at radius 2 is 2.11 bits per heavy atom. The molecule has 0 aliphatic heterocycles. The number of aromatic nitrogens is 2. The average Bonchev–Trinajstić information content (AvgIpc) is 2.77. The normalized spacial score (nSPS) is 12.6. The van der Waals surface area contributed by atoms with E-state index in [9.17, 15) is 0 Å². The van der Waals surface area contributed by atoms with Crippen molar-refractivity contribution in [1.29, 1.82) is 0 Å². The molecule has 1 N–H and O–H groups in total. The van der Waals surface area contributed by atoms with Gasteiger partial charge < -0.3 is 5.32 Å². The minimum absolute atomic E-state index is 0.327. The zero-order valence-electron chi connectivity index (χ0n) is 11.7. The number of nitrogens with one attached hydrogen (secondary N) is 1. The van der Waals surface area contributed by atoms with Crippen LogP contribution in [-0.2, 0) is 19.9 Å². The van der Waals surface area contributed by atoms with Crippen LogP contribution in [0.25, 0.3) is 0 Å². The fraction of sp³-hybridized carbons (Fsp3) is 0.400. The van der Waals surface area contributed by atoms with E-state index in [4.69, 9.17) is 0 Å². The van der Waals surface area contributed by atoms with E-state index in [1.165, 1.54) is 14.8 Å². The number of benzene rings is 1. The SMILES string of the molecule is CCc1cc(CC(NC)c2ccccc2I)n(C)n1. The molecule has 0 aliphatic carbocycles. The van der Waals surface area contributed by atoms with Crippen molar-refractivity contribution < 1.29 is 0 Å². The molecule has 2 aromatic rings. The number of likely N-dealkylation sites (N-methyl/N-ethyl adjacent to an activating group) is 1. The Labute approximate surface area is 128 Å². The van der Waals surface area contributed by atoms with Crippen LogP contribution in [0.15, 0.2) is 30.3 Å². The molecule has 3 nitrogen and oxygen atoms in total. The molecule has 1 aromatic carbocycles. The second-order valence-corrected chi connectivity index (χ2v) is 5.83. The van der Waals surface area contributed by atoms with Crippen LogP contribution in [0.5, 0.6) is 0 Å². The lowest BCUT2D eigenvalue weighted by Crippen LogP contribution is -2.21. The lowest BCUT2D eigenvalue weighted by Gasteiger charge is -2.18. The largest absolute Gasteiger partial charge is 0.313 e. The lowest BCUT2D eigenvalue weighted by molar-refractivity contribution is 0.559. The first-order valence-corrected chi connectivity index (χ1v) is 7.67. The Kier molecular flexibility index (Phi) is 4.99. The number of rotatable bonds is 5. The van der Waals surface area contributed by atoms with E-state index in [0.717, 1.165) is 18.5 Å². The first-order valence-electron chi connectivity index (χ1n) is 6.59. The summed E-state index contributed by atoms with van der Waals surface area (Å²) in [4.78, 5) is 0. The smallest absolute Gasteiger partial charge is 0.0624 e. The van der Waals surface area contributed by atoms with Gasteiger partial charge in [0.05, 0.1) is 5.69 Å². The van der Waals surface area contributed by atoms with Gasteiger partial charge >= 0.3 is 0 Å².